The van der Waals surface area contributed by atoms with Gasteiger partial charge < -0.3 is 5.32 Å². The average Bonchev–Trinajstić information content (AvgIpc) is 2.80. The summed E-state index contributed by atoms with van der Waals surface area (Å²) in [6.07, 6.45) is 4.02. The summed E-state index contributed by atoms with van der Waals surface area (Å²) in [5.74, 6) is 0.525. The number of hydrogen-bond acceptors (Lipinski definition) is 5. The van der Waals surface area contributed by atoms with Crippen LogP contribution in [0.15, 0.2) is 85.2 Å². The summed E-state index contributed by atoms with van der Waals surface area (Å²) in [6, 6.07) is 26.2. The van der Waals surface area contributed by atoms with Gasteiger partial charge in [0.1, 0.15) is 0 Å². The van der Waals surface area contributed by atoms with E-state index in [0.29, 0.717) is 12.4 Å². The van der Waals surface area contributed by atoms with Gasteiger partial charge in [-0.1, -0.05) is 42.5 Å². The fraction of sp³-hybridized carbons (Fsp3) is 0.0400. The van der Waals surface area contributed by atoms with Crippen molar-refractivity contribution in [1.82, 2.24) is 15.0 Å². The molecular formula is C25H17N5. The Morgan fingerprint density at radius 1 is 0.800 bits per heavy atom. The summed E-state index contributed by atoms with van der Waals surface area (Å²) in [7, 11) is 0. The average molecular weight is 387 g/mol. The molecule has 0 spiro atoms. The minimum absolute atomic E-state index is 0.348. The minimum atomic E-state index is 0.348. The Kier molecular flexibility index (Phi) is 4.51. The predicted molar refractivity (Wildman–Crippen MR) is 119 cm³/mol. The molecule has 0 aliphatic carbocycles. The second-order valence-corrected chi connectivity index (χ2v) is 7.01. The molecule has 0 radical (unpaired) electrons. The zero-order chi connectivity index (χ0) is 20.3. The number of nitrogens with zero attached hydrogens (tertiary/aromatic N) is 4. The van der Waals surface area contributed by atoms with Crippen LogP contribution in [0.5, 0.6) is 0 Å². The standard InChI is InChI=1S/C25H17N5/c26-12-11-17-9-10-24(30-25-28-15-19-6-2-4-8-23(19)29-25)21(13-17)20-14-18-5-1-3-7-22(18)27-16-20/h1-10,13-16H,11H2,(H,28,29,30). The fourth-order valence-corrected chi connectivity index (χ4v) is 3.51. The van der Waals surface area contributed by atoms with E-state index >= 15 is 0 Å². The number of anilines is 2. The first kappa shape index (κ1) is 17.8. The number of benzene rings is 3. The molecule has 0 saturated carbocycles. The number of hydrogen-bond donors (Lipinski definition) is 1. The lowest BCUT2D eigenvalue weighted by molar-refractivity contribution is 1.21. The first-order chi connectivity index (χ1) is 14.8. The van der Waals surface area contributed by atoms with Crippen molar-refractivity contribution in [2.75, 3.05) is 5.32 Å². The van der Waals surface area contributed by atoms with Gasteiger partial charge in [-0.3, -0.25) is 4.98 Å². The largest absolute Gasteiger partial charge is 0.324 e. The molecule has 0 atom stereocenters. The Bertz CT molecular complexity index is 1420. The highest BCUT2D eigenvalue weighted by atomic mass is 15.1. The van der Waals surface area contributed by atoms with Crippen molar-refractivity contribution in [1.29, 1.82) is 5.26 Å². The lowest BCUT2D eigenvalue weighted by Crippen LogP contribution is -2.00. The van der Waals surface area contributed by atoms with Crippen molar-refractivity contribution >= 4 is 33.4 Å². The molecule has 0 saturated heterocycles. The minimum Gasteiger partial charge on any atom is -0.324 e. The lowest BCUT2D eigenvalue weighted by Gasteiger charge is -2.13. The smallest absolute Gasteiger partial charge is 0.227 e. The van der Waals surface area contributed by atoms with Gasteiger partial charge in [-0.2, -0.15) is 5.26 Å². The zero-order valence-electron chi connectivity index (χ0n) is 16.1. The Hall–Kier alpha value is -4.30. The maximum Gasteiger partial charge on any atom is 0.227 e. The van der Waals surface area contributed by atoms with Crippen LogP contribution < -0.4 is 5.32 Å². The molecule has 0 aliphatic rings. The number of para-hydroxylation sites is 2. The highest BCUT2D eigenvalue weighted by molar-refractivity contribution is 5.88. The van der Waals surface area contributed by atoms with Gasteiger partial charge in [0.05, 0.1) is 23.5 Å². The third-order valence-electron chi connectivity index (χ3n) is 5.00. The Morgan fingerprint density at radius 2 is 1.60 bits per heavy atom. The molecule has 2 heterocycles. The molecule has 2 aromatic heterocycles. The number of nitrogens with one attached hydrogen (secondary N) is 1. The number of pyridine rings is 1. The SMILES string of the molecule is N#CCc1ccc(Nc2ncc3ccccc3n2)c(-c2cnc3ccccc3c2)c1. The Labute approximate surface area is 173 Å². The molecule has 3 aromatic carbocycles. The van der Waals surface area contributed by atoms with Crippen LogP contribution in [-0.2, 0) is 6.42 Å². The lowest BCUT2D eigenvalue weighted by atomic mass is 10.00. The summed E-state index contributed by atoms with van der Waals surface area (Å²) in [5, 5.41) is 14.5. The first-order valence-corrected chi connectivity index (χ1v) is 9.64. The van der Waals surface area contributed by atoms with Gasteiger partial charge in [0.25, 0.3) is 0 Å². The highest BCUT2D eigenvalue weighted by Crippen LogP contribution is 2.32. The summed E-state index contributed by atoms with van der Waals surface area (Å²) < 4.78 is 0. The maximum absolute atomic E-state index is 9.13. The molecule has 30 heavy (non-hydrogen) atoms. The van der Waals surface area contributed by atoms with Crippen molar-refractivity contribution in [3.63, 3.8) is 0 Å². The van der Waals surface area contributed by atoms with E-state index in [4.69, 9.17) is 5.26 Å². The van der Waals surface area contributed by atoms with Crippen LogP contribution in [0.4, 0.5) is 11.6 Å². The third kappa shape index (κ3) is 3.43. The van der Waals surface area contributed by atoms with Gasteiger partial charge in [0.2, 0.25) is 5.95 Å². The summed E-state index contributed by atoms with van der Waals surface area (Å²) in [5.41, 5.74) is 5.57. The van der Waals surface area contributed by atoms with Crippen molar-refractivity contribution < 1.29 is 0 Å². The topological polar surface area (TPSA) is 74.5 Å². The van der Waals surface area contributed by atoms with E-state index in [1.54, 1.807) is 0 Å². The van der Waals surface area contributed by atoms with Gasteiger partial charge in [0, 0.05) is 40.0 Å². The Morgan fingerprint density at radius 3 is 2.47 bits per heavy atom. The molecule has 0 aliphatic heterocycles. The molecule has 0 fully saturated rings. The molecule has 5 nitrogen and oxygen atoms in total. The van der Waals surface area contributed by atoms with E-state index in [1.807, 2.05) is 79.1 Å². The molecule has 5 aromatic rings. The molecule has 0 unspecified atom stereocenters. The number of aromatic nitrogens is 3. The van der Waals surface area contributed by atoms with Crippen LogP contribution in [0, 0.1) is 11.3 Å². The van der Waals surface area contributed by atoms with E-state index in [0.717, 1.165) is 44.2 Å². The molecule has 0 amide bonds. The van der Waals surface area contributed by atoms with Crippen LogP contribution in [0.1, 0.15) is 5.56 Å². The molecule has 0 bridgehead atoms. The Balaban J connectivity index is 1.60. The van der Waals surface area contributed by atoms with E-state index in [2.05, 4.69) is 32.4 Å². The summed E-state index contributed by atoms with van der Waals surface area (Å²) >= 11 is 0. The van der Waals surface area contributed by atoms with Gasteiger partial charge in [0.15, 0.2) is 0 Å². The molecule has 1 N–H and O–H groups in total. The van der Waals surface area contributed by atoms with Crippen molar-refractivity contribution in [2.45, 2.75) is 6.42 Å². The van der Waals surface area contributed by atoms with Crippen LogP contribution in [0.3, 0.4) is 0 Å². The second kappa shape index (κ2) is 7.61. The fourth-order valence-electron chi connectivity index (χ4n) is 3.51. The van der Waals surface area contributed by atoms with Gasteiger partial charge >= 0.3 is 0 Å². The van der Waals surface area contributed by atoms with Crippen LogP contribution in [0.2, 0.25) is 0 Å². The summed E-state index contributed by atoms with van der Waals surface area (Å²) in [6.45, 7) is 0. The maximum atomic E-state index is 9.13. The highest BCUT2D eigenvalue weighted by Gasteiger charge is 2.10. The molecule has 5 heteroatoms. The van der Waals surface area contributed by atoms with Crippen molar-refractivity contribution in [3.05, 3.63) is 90.8 Å². The van der Waals surface area contributed by atoms with E-state index in [9.17, 15) is 0 Å². The van der Waals surface area contributed by atoms with Gasteiger partial charge in [-0.05, 0) is 35.9 Å². The van der Waals surface area contributed by atoms with Gasteiger partial charge in [-0.25, -0.2) is 9.97 Å². The normalized spacial score (nSPS) is 10.8. The molecular weight excluding hydrogens is 370 g/mol. The number of nitriles is 1. The molecule has 5 rings (SSSR count). The first-order valence-electron chi connectivity index (χ1n) is 9.64. The van der Waals surface area contributed by atoms with E-state index in [1.165, 1.54) is 0 Å². The van der Waals surface area contributed by atoms with E-state index in [-0.39, 0.29) is 0 Å². The van der Waals surface area contributed by atoms with Crippen molar-refractivity contribution in [2.24, 2.45) is 0 Å². The number of fused-ring (bicyclic) bond motifs is 2. The summed E-state index contributed by atoms with van der Waals surface area (Å²) in [4.78, 5) is 13.7. The third-order valence-corrected chi connectivity index (χ3v) is 5.00. The van der Waals surface area contributed by atoms with Crippen LogP contribution >= 0.6 is 0 Å². The van der Waals surface area contributed by atoms with Crippen LogP contribution in [0.25, 0.3) is 32.9 Å². The van der Waals surface area contributed by atoms with Crippen molar-refractivity contribution in [3.8, 4) is 17.2 Å². The zero-order valence-corrected chi connectivity index (χ0v) is 16.1. The van der Waals surface area contributed by atoms with Gasteiger partial charge in [-0.15, -0.1) is 0 Å². The molecule has 142 valence electrons. The van der Waals surface area contributed by atoms with Crippen LogP contribution in [-0.4, -0.2) is 15.0 Å². The van der Waals surface area contributed by atoms with E-state index < -0.39 is 0 Å². The quantitative estimate of drug-likeness (QED) is 0.431. The monoisotopic (exact) mass is 387 g/mol. The second-order valence-electron chi connectivity index (χ2n) is 7.01. The predicted octanol–water partition coefficient (Wildman–Crippen LogP) is 5.65. The number of rotatable bonds is 4.